The van der Waals surface area contributed by atoms with Gasteiger partial charge in [0.2, 0.25) is 5.88 Å². The number of allylic oxidation sites excluding steroid dienone is 3. The molecule has 2 N–H and O–H groups in total. The summed E-state index contributed by atoms with van der Waals surface area (Å²) in [5.41, 5.74) is 3.70. The molecule has 1 aromatic rings. The van der Waals surface area contributed by atoms with Crippen molar-refractivity contribution >= 4 is 5.71 Å². The molecule has 2 heterocycles. The summed E-state index contributed by atoms with van der Waals surface area (Å²) in [6.07, 6.45) is 7.48. The number of nitrogens with two attached hydrogens (primary N) is 1. The van der Waals surface area contributed by atoms with Crippen LogP contribution in [0.25, 0.3) is 0 Å². The Kier molecular flexibility index (Phi) is 6.53. The number of nitrogens with zero attached hydrogens (tertiary/aromatic N) is 3. The molecule has 5 nitrogen and oxygen atoms in total. The van der Waals surface area contributed by atoms with Crippen LogP contribution >= 0.6 is 0 Å². The summed E-state index contributed by atoms with van der Waals surface area (Å²) in [5, 5.41) is 1.65. The topological polar surface area (TPSA) is 63.7 Å². The average Bonchev–Trinajstić information content (AvgIpc) is 2.54. The summed E-state index contributed by atoms with van der Waals surface area (Å²) < 4.78 is 19.0. The van der Waals surface area contributed by atoms with E-state index in [1.165, 1.54) is 13.8 Å². The van der Waals surface area contributed by atoms with Gasteiger partial charge >= 0.3 is 0 Å². The number of hydrogen-bond acceptors (Lipinski definition) is 5. The largest absolute Gasteiger partial charge is 0.474 e. The zero-order valence-electron chi connectivity index (χ0n) is 16.3. The minimum Gasteiger partial charge on any atom is -0.474 e. The van der Waals surface area contributed by atoms with Crippen LogP contribution in [-0.4, -0.2) is 28.0 Å². The van der Waals surface area contributed by atoms with Gasteiger partial charge in [-0.2, -0.15) is 0 Å². The van der Waals surface area contributed by atoms with Gasteiger partial charge in [0.15, 0.2) is 0 Å². The van der Waals surface area contributed by atoms with Crippen LogP contribution in [0.1, 0.15) is 51.7 Å². The van der Waals surface area contributed by atoms with Gasteiger partial charge in [-0.1, -0.05) is 13.0 Å². The van der Waals surface area contributed by atoms with E-state index in [4.69, 9.17) is 10.6 Å². The second kappa shape index (κ2) is 8.45. The summed E-state index contributed by atoms with van der Waals surface area (Å²) in [5.74, 6) is 6.62. The molecule has 0 aliphatic carbocycles. The molecule has 6 heteroatoms. The molecule has 2 rings (SSSR count). The minimum absolute atomic E-state index is 0.0264. The first kappa shape index (κ1) is 20.1. The second-order valence-electron chi connectivity index (χ2n) is 7.26. The molecule has 0 saturated heterocycles. The zero-order chi connectivity index (χ0) is 19.3. The third kappa shape index (κ3) is 5.95. The first-order chi connectivity index (χ1) is 12.2. The Morgan fingerprint density at radius 3 is 2.73 bits per heavy atom. The molecule has 1 aliphatic rings. The van der Waals surface area contributed by atoms with Crippen molar-refractivity contribution in [1.82, 2.24) is 9.99 Å². The van der Waals surface area contributed by atoms with Crippen molar-refractivity contribution in [2.75, 3.05) is 6.61 Å². The van der Waals surface area contributed by atoms with Crippen LogP contribution in [0.4, 0.5) is 4.39 Å². The molecular weight excluding hydrogens is 331 g/mol. The van der Waals surface area contributed by atoms with Crippen LogP contribution in [0, 0.1) is 6.92 Å². The SMILES string of the molecule is CCC1=NC(C)=CC/C1=C\N(N)Cc1cnc(OCC(C)(C)F)c(C)c1. The second-order valence-corrected chi connectivity index (χ2v) is 7.26. The van der Waals surface area contributed by atoms with Gasteiger partial charge in [-0.25, -0.2) is 15.2 Å². The summed E-state index contributed by atoms with van der Waals surface area (Å²) in [4.78, 5) is 8.87. The highest BCUT2D eigenvalue weighted by molar-refractivity contribution is 6.01. The number of ether oxygens (including phenoxy) is 1. The van der Waals surface area contributed by atoms with E-state index in [9.17, 15) is 4.39 Å². The van der Waals surface area contributed by atoms with Gasteiger partial charge in [-0.3, -0.25) is 4.99 Å². The van der Waals surface area contributed by atoms with E-state index in [1.807, 2.05) is 26.1 Å². The average molecular weight is 360 g/mol. The Morgan fingerprint density at radius 1 is 1.38 bits per heavy atom. The standard InChI is InChI=1S/C20H29FN4O/c1-6-18-17(8-7-15(3)24-18)12-25(22)11-16-9-14(2)19(23-10-16)26-13-20(4,5)21/h7,9-10,12H,6,8,11,13,22H2,1-5H3/b17-12+. The van der Waals surface area contributed by atoms with Crippen molar-refractivity contribution in [2.24, 2.45) is 10.8 Å². The number of aryl methyl sites for hydroxylation is 1. The lowest BCUT2D eigenvalue weighted by Gasteiger charge is -2.20. The maximum absolute atomic E-state index is 13.6. The summed E-state index contributed by atoms with van der Waals surface area (Å²) in [7, 11) is 0. The van der Waals surface area contributed by atoms with Crippen LogP contribution in [0.3, 0.4) is 0 Å². The number of hydrazine groups is 1. The number of aliphatic imine (C=N–C) groups is 1. The molecule has 0 aromatic carbocycles. The number of rotatable bonds is 7. The Hall–Kier alpha value is -2.21. The number of pyridine rings is 1. The lowest BCUT2D eigenvalue weighted by Crippen LogP contribution is -2.26. The fourth-order valence-corrected chi connectivity index (χ4v) is 2.69. The van der Waals surface area contributed by atoms with Crippen molar-refractivity contribution < 1.29 is 9.13 Å². The molecule has 0 spiro atoms. The number of hydrogen-bond donors (Lipinski definition) is 1. The van der Waals surface area contributed by atoms with Crippen molar-refractivity contribution in [2.45, 2.75) is 59.7 Å². The van der Waals surface area contributed by atoms with E-state index >= 15 is 0 Å². The molecule has 0 saturated carbocycles. The molecular formula is C20H29FN4O. The van der Waals surface area contributed by atoms with E-state index in [0.717, 1.165) is 41.0 Å². The van der Waals surface area contributed by atoms with Gasteiger partial charge in [0, 0.05) is 29.4 Å². The fraction of sp³-hybridized carbons (Fsp3) is 0.500. The third-order valence-corrected chi connectivity index (χ3v) is 3.96. The molecule has 0 fully saturated rings. The molecule has 0 unspecified atom stereocenters. The van der Waals surface area contributed by atoms with Crippen molar-refractivity contribution in [3.63, 3.8) is 0 Å². The van der Waals surface area contributed by atoms with Crippen molar-refractivity contribution in [3.8, 4) is 5.88 Å². The first-order valence-corrected chi connectivity index (χ1v) is 8.92. The van der Waals surface area contributed by atoms with Crippen LogP contribution in [0.15, 0.2) is 40.8 Å². The minimum atomic E-state index is -1.39. The van der Waals surface area contributed by atoms with Crippen LogP contribution < -0.4 is 10.6 Å². The molecule has 1 aromatic heterocycles. The zero-order valence-corrected chi connectivity index (χ0v) is 16.3. The predicted molar refractivity (Wildman–Crippen MR) is 104 cm³/mol. The van der Waals surface area contributed by atoms with Crippen molar-refractivity contribution in [3.05, 3.63) is 46.9 Å². The summed E-state index contributed by atoms with van der Waals surface area (Å²) >= 11 is 0. The summed E-state index contributed by atoms with van der Waals surface area (Å²) in [6, 6.07) is 1.96. The maximum Gasteiger partial charge on any atom is 0.216 e. The third-order valence-electron chi connectivity index (χ3n) is 3.96. The molecule has 0 radical (unpaired) electrons. The highest BCUT2D eigenvalue weighted by Gasteiger charge is 2.17. The normalized spacial score (nSPS) is 16.3. The molecule has 0 atom stereocenters. The predicted octanol–water partition coefficient (Wildman–Crippen LogP) is 4.24. The monoisotopic (exact) mass is 360 g/mol. The quantitative estimate of drug-likeness (QED) is 0.584. The van der Waals surface area contributed by atoms with Crippen LogP contribution in [0.2, 0.25) is 0 Å². The fourth-order valence-electron chi connectivity index (χ4n) is 2.69. The van der Waals surface area contributed by atoms with E-state index in [0.29, 0.717) is 12.4 Å². The van der Waals surface area contributed by atoms with Gasteiger partial charge in [0.25, 0.3) is 0 Å². The lowest BCUT2D eigenvalue weighted by molar-refractivity contribution is 0.117. The van der Waals surface area contributed by atoms with Gasteiger partial charge in [0.05, 0.1) is 6.54 Å². The van der Waals surface area contributed by atoms with E-state index in [1.54, 1.807) is 11.2 Å². The van der Waals surface area contributed by atoms with Gasteiger partial charge in [0.1, 0.15) is 12.3 Å². The molecule has 1 aliphatic heterocycles. The number of alkyl halides is 1. The van der Waals surface area contributed by atoms with Crippen molar-refractivity contribution in [1.29, 1.82) is 0 Å². The first-order valence-electron chi connectivity index (χ1n) is 8.92. The number of aromatic nitrogens is 1. The van der Waals surface area contributed by atoms with E-state index < -0.39 is 5.67 Å². The van der Waals surface area contributed by atoms with Crippen LogP contribution in [-0.2, 0) is 6.54 Å². The lowest BCUT2D eigenvalue weighted by atomic mass is 10.0. The van der Waals surface area contributed by atoms with Gasteiger partial charge in [-0.15, -0.1) is 0 Å². The highest BCUT2D eigenvalue weighted by Crippen LogP contribution is 2.21. The Balaban J connectivity index is 2.03. The maximum atomic E-state index is 13.6. The highest BCUT2D eigenvalue weighted by atomic mass is 19.1. The molecule has 142 valence electrons. The molecule has 0 bridgehead atoms. The van der Waals surface area contributed by atoms with Crippen LogP contribution in [0.5, 0.6) is 5.88 Å². The molecule has 26 heavy (non-hydrogen) atoms. The molecule has 0 amide bonds. The Morgan fingerprint density at radius 2 is 2.12 bits per heavy atom. The number of halogens is 1. The Labute approximate surface area is 155 Å². The smallest absolute Gasteiger partial charge is 0.216 e. The summed E-state index contributed by atoms with van der Waals surface area (Å²) in [6.45, 7) is 9.45. The van der Waals surface area contributed by atoms with E-state index in [2.05, 4.69) is 23.0 Å². The van der Waals surface area contributed by atoms with E-state index in [-0.39, 0.29) is 6.61 Å². The van der Waals surface area contributed by atoms with Gasteiger partial charge < -0.3 is 9.75 Å². The Bertz CT molecular complexity index is 732. The van der Waals surface area contributed by atoms with Gasteiger partial charge in [-0.05, 0) is 57.7 Å².